The van der Waals surface area contributed by atoms with Gasteiger partial charge in [-0.3, -0.25) is 0 Å². The lowest BCUT2D eigenvalue weighted by atomic mass is 10.2. The Bertz CT molecular complexity index is 605. The van der Waals surface area contributed by atoms with Crippen molar-refractivity contribution in [3.63, 3.8) is 0 Å². The average Bonchev–Trinajstić information content (AvgIpc) is 3.19. The number of aromatic nitrogens is 2. The van der Waals surface area contributed by atoms with Crippen LogP contribution in [0.25, 0.3) is 0 Å². The fourth-order valence-electron chi connectivity index (χ4n) is 2.20. The number of hydrogen-bond donors (Lipinski definition) is 0. The molecule has 19 heavy (non-hydrogen) atoms. The van der Waals surface area contributed by atoms with Gasteiger partial charge in [-0.15, -0.1) is 11.6 Å². The third-order valence-electron chi connectivity index (χ3n) is 3.39. The highest BCUT2D eigenvalue weighted by molar-refractivity contribution is 9.10. The largest absolute Gasteiger partial charge is 0.249 e. The summed E-state index contributed by atoms with van der Waals surface area (Å²) in [6.07, 6.45) is 2.40. The van der Waals surface area contributed by atoms with Crippen LogP contribution in [0.5, 0.6) is 0 Å². The van der Waals surface area contributed by atoms with Crippen molar-refractivity contribution in [2.75, 3.05) is 0 Å². The molecule has 1 aromatic heterocycles. The van der Waals surface area contributed by atoms with E-state index in [9.17, 15) is 0 Å². The van der Waals surface area contributed by atoms with E-state index in [1.165, 1.54) is 12.8 Å². The zero-order valence-electron chi connectivity index (χ0n) is 10.2. The van der Waals surface area contributed by atoms with Crippen LogP contribution in [0.15, 0.2) is 28.7 Å². The molecule has 5 heteroatoms. The van der Waals surface area contributed by atoms with Crippen LogP contribution in [0, 0.1) is 0 Å². The summed E-state index contributed by atoms with van der Waals surface area (Å²) in [7, 11) is 0. The molecular weight excluding hydrogens is 347 g/mol. The lowest BCUT2D eigenvalue weighted by Gasteiger charge is -2.05. The number of benzene rings is 1. The van der Waals surface area contributed by atoms with Crippen LogP contribution in [0.4, 0.5) is 0 Å². The van der Waals surface area contributed by atoms with Crippen molar-refractivity contribution >= 4 is 39.1 Å². The van der Waals surface area contributed by atoms with Crippen LogP contribution in [0.1, 0.15) is 35.6 Å². The summed E-state index contributed by atoms with van der Waals surface area (Å²) in [4.78, 5) is 0. The molecule has 0 bridgehead atoms. The number of hydrogen-bond acceptors (Lipinski definition) is 1. The van der Waals surface area contributed by atoms with Gasteiger partial charge < -0.3 is 0 Å². The van der Waals surface area contributed by atoms with Crippen LogP contribution in [0.3, 0.4) is 0 Å². The van der Waals surface area contributed by atoms with Gasteiger partial charge in [-0.25, -0.2) is 4.68 Å². The first kappa shape index (κ1) is 13.5. The minimum absolute atomic E-state index is 0.431. The first-order valence-corrected chi connectivity index (χ1v) is 7.95. The molecule has 1 aliphatic carbocycles. The fraction of sp³-hybridized carbons (Fsp3) is 0.357. The Morgan fingerprint density at radius 3 is 2.68 bits per heavy atom. The molecule has 0 aliphatic heterocycles. The monoisotopic (exact) mass is 358 g/mol. The molecule has 0 radical (unpaired) electrons. The van der Waals surface area contributed by atoms with E-state index >= 15 is 0 Å². The van der Waals surface area contributed by atoms with Crippen LogP contribution in [0.2, 0.25) is 5.15 Å². The van der Waals surface area contributed by atoms with Crippen molar-refractivity contribution in [3.8, 4) is 0 Å². The molecule has 1 heterocycles. The summed E-state index contributed by atoms with van der Waals surface area (Å²) in [6, 6.07) is 8.11. The van der Waals surface area contributed by atoms with Crippen molar-refractivity contribution in [3.05, 3.63) is 50.7 Å². The van der Waals surface area contributed by atoms with Gasteiger partial charge in [0.2, 0.25) is 0 Å². The van der Waals surface area contributed by atoms with E-state index in [1.54, 1.807) is 0 Å². The van der Waals surface area contributed by atoms with Crippen LogP contribution in [-0.4, -0.2) is 9.78 Å². The lowest BCUT2D eigenvalue weighted by Crippen LogP contribution is -2.03. The van der Waals surface area contributed by atoms with Crippen molar-refractivity contribution in [2.24, 2.45) is 0 Å². The van der Waals surface area contributed by atoms with Gasteiger partial charge in [0.05, 0.1) is 18.1 Å². The summed E-state index contributed by atoms with van der Waals surface area (Å²) in [5, 5.41) is 5.33. The zero-order chi connectivity index (χ0) is 13.4. The lowest BCUT2D eigenvalue weighted by molar-refractivity contribution is 0.671. The van der Waals surface area contributed by atoms with Gasteiger partial charge in [0, 0.05) is 16.0 Å². The molecule has 2 aromatic rings. The Labute approximate surface area is 130 Å². The number of halogens is 3. The maximum atomic E-state index is 6.40. The van der Waals surface area contributed by atoms with Crippen LogP contribution in [-0.2, 0) is 12.4 Å². The molecule has 1 aliphatic rings. The van der Waals surface area contributed by atoms with Crippen molar-refractivity contribution in [1.29, 1.82) is 0 Å². The van der Waals surface area contributed by atoms with E-state index in [4.69, 9.17) is 23.2 Å². The molecule has 0 N–H and O–H groups in total. The Balaban J connectivity index is 1.95. The molecule has 0 atom stereocenters. The predicted octanol–water partition coefficient (Wildman–Crippen LogP) is 4.96. The number of rotatable bonds is 4. The summed E-state index contributed by atoms with van der Waals surface area (Å²) in [6.45, 7) is 0.664. The minimum Gasteiger partial charge on any atom is -0.249 e. The highest BCUT2D eigenvalue weighted by Gasteiger charge is 2.31. The number of nitrogens with zero attached hydrogens (tertiary/aromatic N) is 2. The van der Waals surface area contributed by atoms with Crippen LogP contribution < -0.4 is 0 Å². The molecular formula is C14H13BrCl2N2. The minimum atomic E-state index is 0.431. The van der Waals surface area contributed by atoms with Gasteiger partial charge in [-0.05, 0) is 24.5 Å². The Morgan fingerprint density at radius 2 is 2.05 bits per heavy atom. The summed E-state index contributed by atoms with van der Waals surface area (Å²) in [5.41, 5.74) is 3.25. The molecule has 3 rings (SSSR count). The molecule has 0 spiro atoms. The first-order chi connectivity index (χ1) is 9.20. The normalized spacial score (nSPS) is 14.9. The van der Waals surface area contributed by atoms with E-state index < -0.39 is 0 Å². The third kappa shape index (κ3) is 2.69. The van der Waals surface area contributed by atoms with Gasteiger partial charge in [0.15, 0.2) is 0 Å². The van der Waals surface area contributed by atoms with E-state index in [2.05, 4.69) is 27.1 Å². The van der Waals surface area contributed by atoms with E-state index in [0.717, 1.165) is 21.3 Å². The highest BCUT2D eigenvalue weighted by Crippen LogP contribution is 2.43. The molecule has 0 amide bonds. The average molecular weight is 360 g/mol. The second kappa shape index (κ2) is 5.47. The Hall–Kier alpha value is -0.510. The molecule has 100 valence electrons. The SMILES string of the molecule is ClCc1c(C2CC2)nn(Cc2ccccc2Br)c1Cl. The van der Waals surface area contributed by atoms with Crippen molar-refractivity contribution in [1.82, 2.24) is 9.78 Å². The maximum Gasteiger partial charge on any atom is 0.132 e. The quantitative estimate of drug-likeness (QED) is 0.705. The smallest absolute Gasteiger partial charge is 0.132 e. The molecule has 1 saturated carbocycles. The van der Waals surface area contributed by atoms with E-state index in [0.29, 0.717) is 23.5 Å². The molecule has 1 aromatic carbocycles. The molecule has 2 nitrogen and oxygen atoms in total. The van der Waals surface area contributed by atoms with Crippen LogP contribution >= 0.6 is 39.1 Å². The maximum absolute atomic E-state index is 6.40. The molecule has 0 unspecified atom stereocenters. The molecule has 1 fully saturated rings. The van der Waals surface area contributed by atoms with Gasteiger partial charge in [-0.2, -0.15) is 5.10 Å². The topological polar surface area (TPSA) is 17.8 Å². The van der Waals surface area contributed by atoms with Gasteiger partial charge >= 0.3 is 0 Å². The zero-order valence-corrected chi connectivity index (χ0v) is 13.3. The highest BCUT2D eigenvalue weighted by atomic mass is 79.9. The summed E-state index contributed by atoms with van der Waals surface area (Å²) < 4.78 is 2.93. The van der Waals surface area contributed by atoms with E-state index in [1.807, 2.05) is 22.9 Å². The predicted molar refractivity (Wildman–Crippen MR) is 82.0 cm³/mol. The fourth-order valence-corrected chi connectivity index (χ4v) is 3.20. The number of alkyl halides is 1. The Kier molecular flexibility index (Phi) is 3.88. The second-order valence-corrected chi connectivity index (χ2v) is 6.29. The van der Waals surface area contributed by atoms with Crippen molar-refractivity contribution < 1.29 is 0 Å². The first-order valence-electron chi connectivity index (χ1n) is 6.25. The Morgan fingerprint density at radius 1 is 1.32 bits per heavy atom. The van der Waals surface area contributed by atoms with Crippen molar-refractivity contribution in [2.45, 2.75) is 31.2 Å². The standard InChI is InChI=1S/C14H13BrCl2N2/c15-12-4-2-1-3-10(12)8-19-14(17)11(7-16)13(18-19)9-5-6-9/h1-4,9H,5-8H2. The summed E-state index contributed by atoms with van der Waals surface area (Å²) >= 11 is 16.0. The van der Waals surface area contributed by atoms with Gasteiger partial charge in [0.25, 0.3) is 0 Å². The second-order valence-electron chi connectivity index (χ2n) is 4.81. The third-order valence-corrected chi connectivity index (χ3v) is 4.85. The van der Waals surface area contributed by atoms with E-state index in [-0.39, 0.29) is 0 Å². The summed E-state index contributed by atoms with van der Waals surface area (Å²) in [5.74, 6) is 0.993. The van der Waals surface area contributed by atoms with Gasteiger partial charge in [-0.1, -0.05) is 45.7 Å². The molecule has 0 saturated heterocycles. The van der Waals surface area contributed by atoms with Gasteiger partial charge in [0.1, 0.15) is 5.15 Å².